The Labute approximate surface area is 113 Å². The van der Waals surface area contributed by atoms with Crippen LogP contribution in [0.4, 0.5) is 0 Å². The number of sulfonamides is 1. The van der Waals surface area contributed by atoms with Crippen LogP contribution < -0.4 is 0 Å². The lowest BCUT2D eigenvalue weighted by Gasteiger charge is -2.20. The van der Waals surface area contributed by atoms with Crippen LogP contribution in [0.1, 0.15) is 31.8 Å². The maximum Gasteiger partial charge on any atom is 0.246 e. The number of alkyl halides is 1. The SMILES string of the molecule is Cc1oc(CCl)cc1S(=O)(=O)N1CC(C)CC1C. The van der Waals surface area contributed by atoms with E-state index in [1.54, 1.807) is 11.2 Å². The molecule has 1 saturated heterocycles. The predicted octanol–water partition coefficient (Wildman–Crippen LogP) is 2.75. The fourth-order valence-corrected chi connectivity index (χ4v) is 4.65. The van der Waals surface area contributed by atoms with Gasteiger partial charge in [0.2, 0.25) is 10.0 Å². The Balaban J connectivity index is 2.39. The first-order valence-electron chi connectivity index (χ1n) is 6.03. The summed E-state index contributed by atoms with van der Waals surface area (Å²) in [6, 6.07) is 1.58. The first-order valence-corrected chi connectivity index (χ1v) is 8.00. The molecule has 0 N–H and O–H groups in total. The van der Waals surface area contributed by atoms with E-state index in [9.17, 15) is 8.42 Å². The van der Waals surface area contributed by atoms with Crippen molar-refractivity contribution in [2.75, 3.05) is 6.54 Å². The maximum absolute atomic E-state index is 12.6. The number of hydrogen-bond acceptors (Lipinski definition) is 3. The van der Waals surface area contributed by atoms with E-state index >= 15 is 0 Å². The van der Waals surface area contributed by atoms with Crippen molar-refractivity contribution in [1.29, 1.82) is 0 Å². The molecule has 1 aliphatic heterocycles. The van der Waals surface area contributed by atoms with E-state index in [-0.39, 0.29) is 16.8 Å². The number of halogens is 1. The fraction of sp³-hybridized carbons (Fsp3) is 0.667. The van der Waals surface area contributed by atoms with Gasteiger partial charge in [-0.25, -0.2) is 8.42 Å². The van der Waals surface area contributed by atoms with Gasteiger partial charge in [-0.1, -0.05) is 6.92 Å². The molecule has 0 aliphatic carbocycles. The largest absolute Gasteiger partial charge is 0.464 e. The van der Waals surface area contributed by atoms with E-state index in [0.717, 1.165) is 6.42 Å². The van der Waals surface area contributed by atoms with E-state index in [4.69, 9.17) is 16.0 Å². The minimum Gasteiger partial charge on any atom is -0.464 e. The highest BCUT2D eigenvalue weighted by Gasteiger charge is 2.37. The summed E-state index contributed by atoms with van der Waals surface area (Å²) in [5, 5.41) is 0. The van der Waals surface area contributed by atoms with E-state index < -0.39 is 10.0 Å². The number of furan rings is 1. The molecule has 0 saturated carbocycles. The van der Waals surface area contributed by atoms with E-state index in [0.29, 0.717) is 24.0 Å². The third kappa shape index (κ3) is 2.31. The Kier molecular flexibility index (Phi) is 3.76. The van der Waals surface area contributed by atoms with Crippen molar-refractivity contribution in [2.45, 2.75) is 44.0 Å². The van der Waals surface area contributed by atoms with Gasteiger partial charge in [0.05, 0.1) is 5.88 Å². The zero-order valence-electron chi connectivity index (χ0n) is 10.8. The smallest absolute Gasteiger partial charge is 0.246 e. The second-order valence-electron chi connectivity index (χ2n) is 5.03. The molecular formula is C12H18ClNO3S. The molecular weight excluding hydrogens is 274 g/mol. The van der Waals surface area contributed by atoms with Gasteiger partial charge < -0.3 is 4.42 Å². The maximum atomic E-state index is 12.6. The Hall–Kier alpha value is -0.520. The number of hydrogen-bond donors (Lipinski definition) is 0. The third-order valence-corrected chi connectivity index (χ3v) is 5.72. The zero-order valence-corrected chi connectivity index (χ0v) is 12.4. The second kappa shape index (κ2) is 4.87. The minimum atomic E-state index is -3.46. The molecule has 2 rings (SSSR count). The van der Waals surface area contributed by atoms with Crippen molar-refractivity contribution in [2.24, 2.45) is 5.92 Å². The van der Waals surface area contributed by atoms with Crippen molar-refractivity contribution in [1.82, 2.24) is 4.31 Å². The zero-order chi connectivity index (χ0) is 13.5. The molecule has 18 heavy (non-hydrogen) atoms. The molecule has 1 fully saturated rings. The van der Waals surface area contributed by atoms with Crippen molar-refractivity contribution in [3.63, 3.8) is 0 Å². The van der Waals surface area contributed by atoms with Crippen LogP contribution in [0.2, 0.25) is 0 Å². The summed E-state index contributed by atoms with van der Waals surface area (Å²) in [5.74, 6) is 1.49. The average Bonchev–Trinajstić information content (AvgIpc) is 2.82. The Morgan fingerprint density at radius 1 is 1.50 bits per heavy atom. The first kappa shape index (κ1) is 13.9. The Bertz CT molecular complexity index is 538. The highest BCUT2D eigenvalue weighted by molar-refractivity contribution is 7.89. The van der Waals surface area contributed by atoms with Gasteiger partial charge in [0, 0.05) is 18.7 Å². The van der Waals surface area contributed by atoms with Gasteiger partial charge in [-0.15, -0.1) is 11.6 Å². The van der Waals surface area contributed by atoms with Crippen LogP contribution in [0.15, 0.2) is 15.4 Å². The molecule has 1 aromatic heterocycles. The van der Waals surface area contributed by atoms with Crippen LogP contribution in [0.5, 0.6) is 0 Å². The minimum absolute atomic E-state index is 0.0405. The van der Waals surface area contributed by atoms with Crippen molar-refractivity contribution >= 4 is 21.6 Å². The molecule has 102 valence electrons. The lowest BCUT2D eigenvalue weighted by atomic mass is 10.1. The molecule has 4 nitrogen and oxygen atoms in total. The molecule has 0 aromatic carbocycles. The lowest BCUT2D eigenvalue weighted by Crippen LogP contribution is -2.34. The van der Waals surface area contributed by atoms with Gasteiger partial charge in [-0.2, -0.15) is 4.31 Å². The van der Waals surface area contributed by atoms with Gasteiger partial charge in [0.25, 0.3) is 0 Å². The van der Waals surface area contributed by atoms with Crippen molar-refractivity contribution in [3.8, 4) is 0 Å². The normalized spacial score (nSPS) is 25.8. The summed E-state index contributed by atoms with van der Waals surface area (Å²) in [6.45, 7) is 6.24. The molecule has 0 bridgehead atoms. The summed E-state index contributed by atoms with van der Waals surface area (Å²) >= 11 is 5.67. The summed E-state index contributed by atoms with van der Waals surface area (Å²) in [7, 11) is -3.46. The molecule has 0 radical (unpaired) electrons. The van der Waals surface area contributed by atoms with E-state index in [1.807, 2.05) is 6.92 Å². The van der Waals surface area contributed by atoms with Gasteiger partial charge in [-0.3, -0.25) is 0 Å². The fourth-order valence-electron chi connectivity index (χ4n) is 2.57. The molecule has 6 heteroatoms. The molecule has 0 spiro atoms. The summed E-state index contributed by atoms with van der Waals surface area (Å²) < 4.78 is 32.0. The topological polar surface area (TPSA) is 50.5 Å². The van der Waals surface area contributed by atoms with Gasteiger partial charge in [0.15, 0.2) is 0 Å². The summed E-state index contributed by atoms with van der Waals surface area (Å²) in [6.07, 6.45) is 0.901. The Morgan fingerprint density at radius 3 is 2.61 bits per heavy atom. The highest BCUT2D eigenvalue weighted by atomic mass is 35.5. The van der Waals surface area contributed by atoms with E-state index in [2.05, 4.69) is 6.92 Å². The molecule has 2 atom stereocenters. The van der Waals surface area contributed by atoms with E-state index in [1.165, 1.54) is 6.07 Å². The van der Waals surface area contributed by atoms with Crippen LogP contribution in [0.25, 0.3) is 0 Å². The summed E-state index contributed by atoms with van der Waals surface area (Å²) in [4.78, 5) is 0.249. The quantitative estimate of drug-likeness (QED) is 0.805. The van der Waals surface area contributed by atoms with Crippen LogP contribution in [0, 0.1) is 12.8 Å². The highest BCUT2D eigenvalue weighted by Crippen LogP contribution is 2.31. The van der Waals surface area contributed by atoms with Gasteiger partial charge in [0.1, 0.15) is 16.4 Å². The number of rotatable bonds is 3. The van der Waals surface area contributed by atoms with Crippen molar-refractivity contribution in [3.05, 3.63) is 17.6 Å². The molecule has 2 unspecified atom stereocenters. The number of aryl methyl sites for hydroxylation is 1. The van der Waals surface area contributed by atoms with Crippen LogP contribution in [0.3, 0.4) is 0 Å². The van der Waals surface area contributed by atoms with Crippen LogP contribution >= 0.6 is 11.6 Å². The summed E-state index contributed by atoms with van der Waals surface area (Å²) in [5.41, 5.74) is 0. The standard InChI is InChI=1S/C12H18ClNO3S/c1-8-4-9(2)14(7-8)18(15,16)12-5-11(6-13)17-10(12)3/h5,8-9H,4,6-7H2,1-3H3. The van der Waals surface area contributed by atoms with Crippen molar-refractivity contribution < 1.29 is 12.8 Å². The van der Waals surface area contributed by atoms with Crippen LogP contribution in [-0.2, 0) is 15.9 Å². The second-order valence-corrected chi connectivity index (χ2v) is 7.16. The number of nitrogens with zero attached hydrogens (tertiary/aromatic N) is 1. The average molecular weight is 292 g/mol. The third-order valence-electron chi connectivity index (χ3n) is 3.37. The predicted molar refractivity (Wildman–Crippen MR) is 70.1 cm³/mol. The molecule has 0 amide bonds. The lowest BCUT2D eigenvalue weighted by molar-refractivity contribution is 0.403. The molecule has 1 aliphatic rings. The Morgan fingerprint density at radius 2 is 2.17 bits per heavy atom. The first-order chi connectivity index (χ1) is 8.36. The van der Waals surface area contributed by atoms with Gasteiger partial charge in [-0.05, 0) is 26.2 Å². The monoisotopic (exact) mass is 291 g/mol. The molecule has 2 heterocycles. The molecule has 1 aromatic rings. The van der Waals surface area contributed by atoms with Gasteiger partial charge >= 0.3 is 0 Å². The van der Waals surface area contributed by atoms with Crippen LogP contribution in [-0.4, -0.2) is 25.3 Å².